The third-order valence-electron chi connectivity index (χ3n) is 4.35. The summed E-state index contributed by atoms with van der Waals surface area (Å²) in [7, 11) is -3.44. The van der Waals surface area contributed by atoms with Crippen molar-refractivity contribution in [3.8, 4) is 0 Å². The predicted octanol–water partition coefficient (Wildman–Crippen LogP) is 2.24. The van der Waals surface area contributed by atoms with Gasteiger partial charge in [0.05, 0.1) is 4.90 Å². The maximum absolute atomic E-state index is 12.4. The van der Waals surface area contributed by atoms with Crippen molar-refractivity contribution in [2.24, 2.45) is 17.6 Å². The Hall–Kier alpha value is -0.850. The van der Waals surface area contributed by atoms with E-state index in [9.17, 15) is 8.42 Å². The van der Waals surface area contributed by atoms with Gasteiger partial charge in [-0.05, 0) is 44.6 Å². The number of nitrogens with two attached hydrogens (primary N) is 1. The highest BCUT2D eigenvalue weighted by atomic mass is 32.2. The first-order chi connectivity index (χ1) is 9.83. The molecule has 2 rings (SSSR count). The number of rotatable bonds is 6. The Labute approximate surface area is 128 Å². The quantitative estimate of drug-likeness (QED) is 0.845. The molecule has 6 heteroatoms. The zero-order valence-electron chi connectivity index (χ0n) is 13.2. The summed E-state index contributed by atoms with van der Waals surface area (Å²) in [5, 5.41) is 0. The molecule has 1 saturated carbocycles. The van der Waals surface area contributed by atoms with Crippen LogP contribution in [-0.4, -0.2) is 19.5 Å². The van der Waals surface area contributed by atoms with Crippen LogP contribution < -0.4 is 10.5 Å². The zero-order valence-corrected chi connectivity index (χ0v) is 14.0. The van der Waals surface area contributed by atoms with E-state index < -0.39 is 10.0 Å². The van der Waals surface area contributed by atoms with Gasteiger partial charge in [0.2, 0.25) is 10.0 Å². The van der Waals surface area contributed by atoms with Gasteiger partial charge in [-0.1, -0.05) is 13.3 Å². The van der Waals surface area contributed by atoms with Crippen molar-refractivity contribution in [1.82, 2.24) is 9.29 Å². The van der Waals surface area contributed by atoms with Crippen LogP contribution in [0.15, 0.2) is 17.2 Å². The predicted molar refractivity (Wildman–Crippen MR) is 84.4 cm³/mol. The molecule has 1 heterocycles. The van der Waals surface area contributed by atoms with Gasteiger partial charge in [0.25, 0.3) is 0 Å². The Morgan fingerprint density at radius 2 is 2.14 bits per heavy atom. The van der Waals surface area contributed by atoms with E-state index in [0.717, 1.165) is 18.5 Å². The van der Waals surface area contributed by atoms with E-state index in [4.69, 9.17) is 5.73 Å². The molecule has 5 nitrogen and oxygen atoms in total. The lowest BCUT2D eigenvalue weighted by molar-refractivity contribution is 0.498. The van der Waals surface area contributed by atoms with Crippen LogP contribution in [0.4, 0.5) is 0 Å². The molecule has 0 aliphatic heterocycles. The number of nitrogens with zero attached hydrogens (tertiary/aromatic N) is 1. The number of nitrogens with one attached hydrogen (secondary N) is 1. The molecule has 120 valence electrons. The molecule has 0 aromatic carbocycles. The lowest BCUT2D eigenvalue weighted by Gasteiger charge is -2.11. The van der Waals surface area contributed by atoms with Crippen LogP contribution in [-0.2, 0) is 16.6 Å². The van der Waals surface area contributed by atoms with Crippen LogP contribution in [0.2, 0.25) is 0 Å². The molecule has 1 fully saturated rings. The molecule has 0 bridgehead atoms. The smallest absolute Gasteiger partial charge is 0.242 e. The van der Waals surface area contributed by atoms with Gasteiger partial charge in [-0.2, -0.15) is 0 Å². The maximum atomic E-state index is 12.4. The van der Waals surface area contributed by atoms with Gasteiger partial charge in [0.15, 0.2) is 0 Å². The van der Waals surface area contributed by atoms with Crippen LogP contribution >= 0.6 is 0 Å². The normalized spacial score (nSPS) is 23.1. The third kappa shape index (κ3) is 3.87. The van der Waals surface area contributed by atoms with Crippen molar-refractivity contribution in [2.75, 3.05) is 6.54 Å². The first-order valence-electron chi connectivity index (χ1n) is 7.74. The summed E-state index contributed by atoms with van der Waals surface area (Å²) < 4.78 is 29.5. The number of hydrogen-bond donors (Lipinski definition) is 2. The fourth-order valence-corrected chi connectivity index (χ4v) is 4.27. The molecule has 1 aromatic rings. The summed E-state index contributed by atoms with van der Waals surface area (Å²) in [6, 6.07) is 1.88. The van der Waals surface area contributed by atoms with Crippen molar-refractivity contribution in [2.45, 2.75) is 57.5 Å². The highest BCUT2D eigenvalue weighted by Gasteiger charge is 2.24. The molecule has 3 N–H and O–H groups in total. The van der Waals surface area contributed by atoms with Crippen LogP contribution in [0.25, 0.3) is 0 Å². The molecule has 0 amide bonds. The van der Waals surface area contributed by atoms with Gasteiger partial charge in [-0.3, -0.25) is 0 Å². The lowest BCUT2D eigenvalue weighted by Crippen LogP contribution is -2.28. The third-order valence-corrected chi connectivity index (χ3v) is 5.74. The van der Waals surface area contributed by atoms with Gasteiger partial charge in [0, 0.05) is 31.0 Å². The van der Waals surface area contributed by atoms with Crippen molar-refractivity contribution >= 4 is 10.0 Å². The lowest BCUT2D eigenvalue weighted by atomic mass is 10.1. The Morgan fingerprint density at radius 3 is 2.62 bits per heavy atom. The Kier molecular flexibility index (Phi) is 5.11. The maximum Gasteiger partial charge on any atom is 0.242 e. The Bertz CT molecular complexity index is 578. The first-order valence-corrected chi connectivity index (χ1v) is 9.22. The molecule has 1 aromatic heterocycles. The molecular formula is C15H27N3O2S. The minimum absolute atomic E-state index is 0.197. The summed E-state index contributed by atoms with van der Waals surface area (Å²) in [6.45, 7) is 7.14. The Balaban J connectivity index is 2.08. The molecular weight excluding hydrogens is 286 g/mol. The van der Waals surface area contributed by atoms with Crippen molar-refractivity contribution in [3.05, 3.63) is 18.0 Å². The highest BCUT2D eigenvalue weighted by Crippen LogP contribution is 2.30. The van der Waals surface area contributed by atoms with Crippen LogP contribution in [0.1, 0.15) is 51.8 Å². The molecule has 0 spiro atoms. The fraction of sp³-hybridized carbons (Fsp3) is 0.733. The van der Waals surface area contributed by atoms with E-state index in [-0.39, 0.29) is 6.04 Å². The minimum Gasteiger partial charge on any atom is -0.346 e. The molecule has 21 heavy (non-hydrogen) atoms. The minimum atomic E-state index is -3.44. The summed E-state index contributed by atoms with van der Waals surface area (Å²) in [6.07, 6.45) is 5.12. The van der Waals surface area contributed by atoms with Gasteiger partial charge in [-0.15, -0.1) is 0 Å². The number of hydrogen-bond acceptors (Lipinski definition) is 3. The van der Waals surface area contributed by atoms with Crippen molar-refractivity contribution < 1.29 is 8.42 Å². The van der Waals surface area contributed by atoms with Gasteiger partial charge in [0.1, 0.15) is 0 Å². The van der Waals surface area contributed by atoms with Crippen molar-refractivity contribution in [3.63, 3.8) is 0 Å². The van der Waals surface area contributed by atoms with Gasteiger partial charge >= 0.3 is 0 Å². The summed E-state index contributed by atoms with van der Waals surface area (Å²) in [4.78, 5) is 0.322. The molecule has 0 radical (unpaired) electrons. The highest BCUT2D eigenvalue weighted by molar-refractivity contribution is 7.89. The van der Waals surface area contributed by atoms with Gasteiger partial charge in [-0.25, -0.2) is 13.1 Å². The summed E-state index contributed by atoms with van der Waals surface area (Å²) in [5.41, 5.74) is 6.54. The second-order valence-corrected chi connectivity index (χ2v) is 8.28. The van der Waals surface area contributed by atoms with E-state index in [1.807, 2.05) is 18.4 Å². The SMILES string of the molecule is CC1CCC(CNS(=O)(=O)c2cc(CN)n(C(C)C)c2)C1. The van der Waals surface area contributed by atoms with Crippen molar-refractivity contribution in [1.29, 1.82) is 0 Å². The summed E-state index contributed by atoms with van der Waals surface area (Å²) >= 11 is 0. The standard InChI is InChI=1S/C15H27N3O2S/c1-11(2)18-10-15(7-14(18)8-16)21(19,20)17-9-13-5-4-12(3)6-13/h7,10-13,17H,4-6,8-9,16H2,1-3H3. The first kappa shape index (κ1) is 16.5. The molecule has 2 unspecified atom stereocenters. The average Bonchev–Trinajstić information content (AvgIpc) is 3.02. The Morgan fingerprint density at radius 1 is 1.43 bits per heavy atom. The average molecular weight is 313 g/mol. The molecule has 1 aliphatic rings. The van der Waals surface area contributed by atoms with E-state index in [0.29, 0.717) is 29.8 Å². The monoisotopic (exact) mass is 313 g/mol. The second kappa shape index (κ2) is 6.50. The van der Waals surface area contributed by atoms with Crippen LogP contribution in [0.5, 0.6) is 0 Å². The zero-order chi connectivity index (χ0) is 15.6. The van der Waals surface area contributed by atoms with E-state index >= 15 is 0 Å². The van der Waals surface area contributed by atoms with E-state index in [2.05, 4.69) is 11.6 Å². The topological polar surface area (TPSA) is 77.1 Å². The van der Waals surface area contributed by atoms with Gasteiger partial charge < -0.3 is 10.3 Å². The number of aromatic nitrogens is 1. The largest absolute Gasteiger partial charge is 0.346 e. The fourth-order valence-electron chi connectivity index (χ4n) is 3.11. The molecule has 2 atom stereocenters. The van der Waals surface area contributed by atoms with E-state index in [1.165, 1.54) is 6.42 Å². The second-order valence-electron chi connectivity index (χ2n) is 6.51. The van der Waals surface area contributed by atoms with Crippen LogP contribution in [0.3, 0.4) is 0 Å². The van der Waals surface area contributed by atoms with Crippen LogP contribution in [0, 0.1) is 11.8 Å². The number of sulfonamides is 1. The molecule has 1 aliphatic carbocycles. The molecule has 0 saturated heterocycles. The summed E-state index contributed by atoms with van der Waals surface area (Å²) in [5.74, 6) is 1.18. The van der Waals surface area contributed by atoms with E-state index in [1.54, 1.807) is 12.3 Å².